The van der Waals surface area contributed by atoms with E-state index < -0.39 is 0 Å². The van der Waals surface area contributed by atoms with Crippen molar-refractivity contribution >= 4 is 29.7 Å². The minimum absolute atomic E-state index is 0.110. The number of anilines is 1. The van der Waals surface area contributed by atoms with E-state index in [4.69, 9.17) is 14.7 Å². The van der Waals surface area contributed by atoms with Crippen molar-refractivity contribution in [3.63, 3.8) is 0 Å². The molecule has 3 saturated heterocycles. The number of hydrogen-bond acceptors (Lipinski definition) is 7. The predicted octanol–water partition coefficient (Wildman–Crippen LogP) is 3.65. The quantitative estimate of drug-likeness (QED) is 0.572. The zero-order valence-electron chi connectivity index (χ0n) is 19.4. The van der Waals surface area contributed by atoms with Crippen LogP contribution in [0, 0.1) is 5.41 Å². The number of carbonyl (C=O) groups is 1. The Bertz CT molecular complexity index is 1230. The maximum atomic E-state index is 12.7. The van der Waals surface area contributed by atoms with Crippen molar-refractivity contribution in [1.29, 1.82) is 0 Å². The lowest BCUT2D eigenvalue weighted by Crippen LogP contribution is -2.73. The Balaban J connectivity index is 1.14. The van der Waals surface area contributed by atoms with Crippen molar-refractivity contribution < 1.29 is 9.53 Å². The molecular formula is C27H27N5O2S. The van der Waals surface area contributed by atoms with E-state index in [1.165, 1.54) is 4.91 Å². The van der Waals surface area contributed by atoms with E-state index in [0.29, 0.717) is 18.4 Å². The monoisotopic (exact) mass is 485 g/mol. The van der Waals surface area contributed by atoms with Gasteiger partial charge in [0.15, 0.2) is 0 Å². The highest BCUT2D eigenvalue weighted by atomic mass is 32.2. The van der Waals surface area contributed by atoms with Crippen LogP contribution in [0.5, 0.6) is 5.88 Å². The molecule has 3 fully saturated rings. The number of carbonyl (C=O) groups excluding carboxylic acids is 1. The summed E-state index contributed by atoms with van der Waals surface area (Å²) in [6.45, 7) is 4.58. The van der Waals surface area contributed by atoms with Crippen LogP contribution >= 0.6 is 11.8 Å². The number of amides is 1. The highest BCUT2D eigenvalue weighted by Crippen LogP contribution is 2.42. The topological polar surface area (TPSA) is 70.6 Å². The normalized spacial score (nSPS) is 19.5. The molecule has 7 nitrogen and oxygen atoms in total. The van der Waals surface area contributed by atoms with Crippen LogP contribution in [-0.2, 0) is 6.61 Å². The lowest BCUT2D eigenvalue weighted by Gasteiger charge is -2.60. The average Bonchev–Trinajstić information content (AvgIpc) is 3.35. The highest BCUT2D eigenvalue weighted by molar-refractivity contribution is 8.03. The van der Waals surface area contributed by atoms with E-state index >= 15 is 0 Å². The van der Waals surface area contributed by atoms with Crippen molar-refractivity contribution in [3.05, 3.63) is 88.5 Å². The molecule has 1 N–H and O–H groups in total. The summed E-state index contributed by atoms with van der Waals surface area (Å²) in [5.41, 5.74) is 2.85. The van der Waals surface area contributed by atoms with E-state index in [9.17, 15) is 4.79 Å². The number of ether oxygens (including phenoxy) is 1. The van der Waals surface area contributed by atoms with Gasteiger partial charge in [-0.3, -0.25) is 4.79 Å². The molecule has 0 bridgehead atoms. The highest BCUT2D eigenvalue weighted by Gasteiger charge is 2.54. The number of nitrogens with one attached hydrogen (secondary N) is 1. The first-order valence-electron chi connectivity index (χ1n) is 11.9. The molecule has 178 valence electrons. The van der Waals surface area contributed by atoms with Crippen LogP contribution < -0.4 is 15.0 Å². The summed E-state index contributed by atoms with van der Waals surface area (Å²) in [6, 6.07) is 21.5. The van der Waals surface area contributed by atoms with Crippen molar-refractivity contribution in [2.45, 2.75) is 6.61 Å². The Labute approximate surface area is 209 Å². The maximum absolute atomic E-state index is 12.7. The number of rotatable bonds is 6. The van der Waals surface area contributed by atoms with Gasteiger partial charge < -0.3 is 19.9 Å². The summed E-state index contributed by atoms with van der Waals surface area (Å²) >= 11 is 1.80. The summed E-state index contributed by atoms with van der Waals surface area (Å²) in [4.78, 5) is 27.7. The molecule has 0 unspecified atom stereocenters. The predicted molar refractivity (Wildman–Crippen MR) is 138 cm³/mol. The van der Waals surface area contributed by atoms with Gasteiger partial charge in [0.25, 0.3) is 5.91 Å². The molecule has 1 aromatic heterocycles. The third-order valence-corrected chi connectivity index (χ3v) is 7.59. The Morgan fingerprint density at radius 2 is 1.77 bits per heavy atom. The fraction of sp³-hybridized carbons (Fsp3) is 0.296. The maximum Gasteiger partial charge on any atom is 0.253 e. The molecular weight excluding hydrogens is 458 g/mol. The Kier molecular flexibility index (Phi) is 5.91. The van der Waals surface area contributed by atoms with E-state index in [1.54, 1.807) is 11.8 Å². The SMILES string of the molecule is O=C(c1ccccc1)N1CC2(C1)CN(c1nc(C=C3CNCS3)cc(OCc3ccccc3)n1)C2. The Morgan fingerprint density at radius 1 is 1.03 bits per heavy atom. The molecule has 2 aromatic carbocycles. The van der Waals surface area contributed by atoms with Gasteiger partial charge in [-0.25, -0.2) is 4.98 Å². The second-order valence-corrected chi connectivity index (χ2v) is 10.5. The molecule has 3 aliphatic rings. The fourth-order valence-corrected chi connectivity index (χ4v) is 5.65. The van der Waals surface area contributed by atoms with Crippen LogP contribution in [0.4, 0.5) is 5.95 Å². The summed E-state index contributed by atoms with van der Waals surface area (Å²) in [5, 5.41) is 3.34. The Hall–Kier alpha value is -3.36. The molecule has 35 heavy (non-hydrogen) atoms. The van der Waals surface area contributed by atoms with Gasteiger partial charge in [0.1, 0.15) is 6.61 Å². The van der Waals surface area contributed by atoms with Gasteiger partial charge in [-0.15, -0.1) is 11.8 Å². The van der Waals surface area contributed by atoms with Gasteiger partial charge in [-0.05, 0) is 23.8 Å². The molecule has 0 radical (unpaired) electrons. The molecule has 3 aliphatic heterocycles. The molecule has 6 rings (SSSR count). The zero-order chi connectivity index (χ0) is 23.7. The fourth-order valence-electron chi connectivity index (χ4n) is 4.85. The number of benzene rings is 2. The van der Waals surface area contributed by atoms with Crippen molar-refractivity contribution in [1.82, 2.24) is 20.2 Å². The van der Waals surface area contributed by atoms with Crippen molar-refractivity contribution in [3.8, 4) is 5.88 Å². The third-order valence-electron chi connectivity index (χ3n) is 6.60. The first-order chi connectivity index (χ1) is 17.2. The van der Waals surface area contributed by atoms with Gasteiger partial charge in [0.2, 0.25) is 11.8 Å². The standard InChI is InChI=1S/C27H27N5O2S/c33-25(21-9-5-2-6-10-21)31-15-27(16-31)17-32(18-27)26-29-22(11-23-13-28-19-35-23)12-24(30-26)34-14-20-7-3-1-4-8-20/h1-12,28H,13-19H2. The van der Waals surface area contributed by atoms with Crippen molar-refractivity contribution in [2.24, 2.45) is 5.41 Å². The van der Waals surface area contributed by atoms with Gasteiger partial charge >= 0.3 is 0 Å². The van der Waals surface area contributed by atoms with E-state index in [-0.39, 0.29) is 11.3 Å². The Morgan fingerprint density at radius 3 is 2.49 bits per heavy atom. The lowest BCUT2D eigenvalue weighted by atomic mass is 9.72. The minimum Gasteiger partial charge on any atom is -0.473 e. The van der Waals surface area contributed by atoms with Crippen LogP contribution in [0.2, 0.25) is 0 Å². The molecule has 4 heterocycles. The van der Waals surface area contributed by atoms with Gasteiger partial charge in [-0.2, -0.15) is 4.98 Å². The average molecular weight is 486 g/mol. The summed E-state index contributed by atoms with van der Waals surface area (Å²) in [5.74, 6) is 2.31. The van der Waals surface area contributed by atoms with E-state index in [2.05, 4.69) is 16.3 Å². The van der Waals surface area contributed by atoms with Gasteiger partial charge in [0, 0.05) is 60.6 Å². The third kappa shape index (κ3) is 4.76. The first kappa shape index (κ1) is 22.1. The summed E-state index contributed by atoms with van der Waals surface area (Å²) in [6.07, 6.45) is 2.12. The van der Waals surface area contributed by atoms with Crippen LogP contribution in [0.15, 0.2) is 71.6 Å². The van der Waals surface area contributed by atoms with Crippen LogP contribution in [0.1, 0.15) is 21.6 Å². The molecule has 1 spiro atoms. The number of likely N-dealkylation sites (tertiary alicyclic amines) is 1. The van der Waals surface area contributed by atoms with Crippen LogP contribution in [0.25, 0.3) is 6.08 Å². The number of thioether (sulfide) groups is 1. The number of hydrogen-bond donors (Lipinski definition) is 1. The van der Waals surface area contributed by atoms with Crippen LogP contribution in [0.3, 0.4) is 0 Å². The van der Waals surface area contributed by atoms with Crippen molar-refractivity contribution in [2.75, 3.05) is 43.5 Å². The van der Waals surface area contributed by atoms with Gasteiger partial charge in [-0.1, -0.05) is 48.5 Å². The smallest absolute Gasteiger partial charge is 0.253 e. The van der Waals surface area contributed by atoms with Crippen LogP contribution in [-0.4, -0.2) is 59.4 Å². The molecule has 0 atom stereocenters. The minimum atomic E-state index is 0.110. The van der Waals surface area contributed by atoms with E-state index in [1.807, 2.05) is 71.6 Å². The summed E-state index contributed by atoms with van der Waals surface area (Å²) in [7, 11) is 0. The molecule has 0 saturated carbocycles. The summed E-state index contributed by atoms with van der Waals surface area (Å²) < 4.78 is 6.06. The van der Waals surface area contributed by atoms with E-state index in [0.717, 1.165) is 55.4 Å². The molecule has 8 heteroatoms. The lowest BCUT2D eigenvalue weighted by molar-refractivity contribution is -0.0111. The molecule has 0 aliphatic carbocycles. The second kappa shape index (κ2) is 9.36. The first-order valence-corrected chi connectivity index (χ1v) is 12.8. The second-order valence-electron chi connectivity index (χ2n) is 9.41. The largest absolute Gasteiger partial charge is 0.473 e. The zero-order valence-corrected chi connectivity index (χ0v) is 20.2. The van der Waals surface area contributed by atoms with Gasteiger partial charge in [0.05, 0.1) is 5.69 Å². The molecule has 3 aromatic rings. The molecule has 1 amide bonds. The number of aromatic nitrogens is 2. The number of nitrogens with zero attached hydrogens (tertiary/aromatic N) is 4.